The van der Waals surface area contributed by atoms with Crippen molar-refractivity contribution < 1.29 is 17.9 Å². The van der Waals surface area contributed by atoms with E-state index in [4.69, 9.17) is 9.47 Å². The van der Waals surface area contributed by atoms with Crippen molar-refractivity contribution in [1.29, 1.82) is 0 Å². The van der Waals surface area contributed by atoms with E-state index in [1.165, 1.54) is 5.56 Å². The first-order valence-corrected chi connectivity index (χ1v) is 12.5. The molecule has 0 amide bonds. The van der Waals surface area contributed by atoms with Crippen molar-refractivity contribution in [2.75, 3.05) is 33.9 Å². The quantitative estimate of drug-likeness (QED) is 0.681. The largest absolute Gasteiger partial charge is 0.493 e. The predicted octanol–water partition coefficient (Wildman–Crippen LogP) is 3.59. The van der Waals surface area contributed by atoms with Crippen LogP contribution in [-0.4, -0.2) is 52.5 Å². The minimum atomic E-state index is -3.52. The predicted molar refractivity (Wildman–Crippen MR) is 129 cm³/mol. The first-order chi connectivity index (χ1) is 14.9. The molecule has 1 N–H and O–H groups in total. The number of rotatable bonds is 6. The highest BCUT2D eigenvalue weighted by Gasteiger charge is 2.41. The SMILES string of the molecule is COc1cc2c(cc1OC)CN(C(C1CCCNC1)S(=O)(=O)c1ccc(C)cc1)CC2.Cl. The van der Waals surface area contributed by atoms with Gasteiger partial charge in [-0.3, -0.25) is 4.90 Å². The van der Waals surface area contributed by atoms with E-state index in [0.717, 1.165) is 49.2 Å². The molecule has 2 aromatic rings. The third-order valence-corrected chi connectivity index (χ3v) is 8.76. The molecule has 0 aliphatic carbocycles. The number of ether oxygens (including phenoxy) is 2. The highest BCUT2D eigenvalue weighted by Crippen LogP contribution is 2.36. The highest BCUT2D eigenvalue weighted by molar-refractivity contribution is 7.92. The summed E-state index contributed by atoms with van der Waals surface area (Å²) in [4.78, 5) is 2.56. The highest BCUT2D eigenvalue weighted by atomic mass is 35.5. The molecule has 32 heavy (non-hydrogen) atoms. The maximum Gasteiger partial charge on any atom is 0.194 e. The van der Waals surface area contributed by atoms with Crippen LogP contribution in [0.4, 0.5) is 0 Å². The molecule has 0 spiro atoms. The molecule has 0 bridgehead atoms. The van der Waals surface area contributed by atoms with Gasteiger partial charge in [0.2, 0.25) is 0 Å². The minimum Gasteiger partial charge on any atom is -0.493 e. The van der Waals surface area contributed by atoms with Gasteiger partial charge in [0, 0.05) is 25.6 Å². The Morgan fingerprint density at radius 3 is 2.31 bits per heavy atom. The number of benzene rings is 2. The Morgan fingerprint density at radius 1 is 1.06 bits per heavy atom. The Kier molecular flexibility index (Phi) is 8.09. The fourth-order valence-corrected chi connectivity index (χ4v) is 6.97. The van der Waals surface area contributed by atoms with Crippen LogP contribution in [0.2, 0.25) is 0 Å². The lowest BCUT2D eigenvalue weighted by Gasteiger charge is -2.40. The Hall–Kier alpha value is -1.80. The summed E-state index contributed by atoms with van der Waals surface area (Å²) in [6.07, 6.45) is 2.70. The number of sulfone groups is 1. The van der Waals surface area contributed by atoms with Crippen LogP contribution in [0.15, 0.2) is 41.3 Å². The van der Waals surface area contributed by atoms with Gasteiger partial charge in [-0.15, -0.1) is 12.4 Å². The summed E-state index contributed by atoms with van der Waals surface area (Å²) in [5.74, 6) is 1.46. The smallest absolute Gasteiger partial charge is 0.194 e. The zero-order chi connectivity index (χ0) is 22.0. The first kappa shape index (κ1) is 24.8. The Bertz CT molecular complexity index is 1020. The number of fused-ring (bicyclic) bond motifs is 1. The summed E-state index contributed by atoms with van der Waals surface area (Å²) >= 11 is 0. The lowest BCUT2D eigenvalue weighted by atomic mass is 9.95. The number of halogens is 1. The third kappa shape index (κ3) is 4.91. The number of piperidine rings is 1. The molecule has 2 aliphatic heterocycles. The van der Waals surface area contributed by atoms with Crippen molar-refractivity contribution in [3.63, 3.8) is 0 Å². The average Bonchev–Trinajstić information content (AvgIpc) is 2.79. The molecule has 6 nitrogen and oxygen atoms in total. The second-order valence-electron chi connectivity index (χ2n) is 8.55. The third-order valence-electron chi connectivity index (χ3n) is 6.51. The molecule has 1 saturated heterocycles. The minimum absolute atomic E-state index is 0. The van der Waals surface area contributed by atoms with E-state index in [1.54, 1.807) is 26.4 Å². The van der Waals surface area contributed by atoms with Crippen LogP contribution in [0.1, 0.15) is 29.5 Å². The van der Waals surface area contributed by atoms with E-state index in [-0.39, 0.29) is 18.3 Å². The second kappa shape index (κ2) is 10.4. The van der Waals surface area contributed by atoms with Crippen molar-refractivity contribution in [3.8, 4) is 11.5 Å². The fourth-order valence-electron chi connectivity index (χ4n) is 4.86. The van der Waals surface area contributed by atoms with Crippen LogP contribution in [0.3, 0.4) is 0 Å². The summed E-state index contributed by atoms with van der Waals surface area (Å²) in [5, 5.41) is 2.86. The van der Waals surface area contributed by atoms with E-state index < -0.39 is 15.2 Å². The van der Waals surface area contributed by atoms with E-state index >= 15 is 0 Å². The monoisotopic (exact) mass is 480 g/mol. The van der Waals surface area contributed by atoms with Gasteiger partial charge in [0.25, 0.3) is 0 Å². The zero-order valence-electron chi connectivity index (χ0n) is 19.0. The number of hydrogen-bond donors (Lipinski definition) is 1. The van der Waals surface area contributed by atoms with Gasteiger partial charge in [0.1, 0.15) is 5.37 Å². The van der Waals surface area contributed by atoms with Crippen molar-refractivity contribution in [2.45, 2.75) is 43.0 Å². The van der Waals surface area contributed by atoms with Crippen molar-refractivity contribution in [2.24, 2.45) is 5.92 Å². The van der Waals surface area contributed by atoms with Crippen molar-refractivity contribution in [3.05, 3.63) is 53.1 Å². The maximum absolute atomic E-state index is 13.9. The van der Waals surface area contributed by atoms with Gasteiger partial charge >= 0.3 is 0 Å². The summed E-state index contributed by atoms with van der Waals surface area (Å²) < 4.78 is 38.7. The molecule has 2 atom stereocenters. The molecule has 8 heteroatoms. The number of hydrogen-bond acceptors (Lipinski definition) is 6. The second-order valence-corrected chi connectivity index (χ2v) is 10.6. The lowest BCUT2D eigenvalue weighted by molar-refractivity contribution is 0.161. The molecule has 1 fully saturated rings. The number of methoxy groups -OCH3 is 2. The van der Waals surface area contributed by atoms with Crippen LogP contribution in [-0.2, 0) is 22.8 Å². The molecule has 2 unspecified atom stereocenters. The summed E-state index contributed by atoms with van der Waals surface area (Å²) in [7, 11) is -0.251. The van der Waals surface area contributed by atoms with Crippen LogP contribution in [0.25, 0.3) is 0 Å². The Morgan fingerprint density at radius 2 is 1.72 bits per heavy atom. The normalized spacial score (nSPS) is 20.0. The zero-order valence-corrected chi connectivity index (χ0v) is 20.6. The van der Waals surface area contributed by atoms with E-state index in [0.29, 0.717) is 23.7 Å². The van der Waals surface area contributed by atoms with Gasteiger partial charge in [-0.05, 0) is 68.1 Å². The van der Waals surface area contributed by atoms with Gasteiger partial charge < -0.3 is 14.8 Å². The Balaban J connectivity index is 0.00000289. The van der Waals surface area contributed by atoms with E-state index in [2.05, 4.69) is 10.2 Å². The molecule has 0 aromatic heterocycles. The standard InChI is InChI=1S/C24H32N2O4S.ClH/c1-17-6-8-21(9-7-17)31(27,28)24(19-5-4-11-25-15-19)26-12-10-18-13-22(29-2)23(30-3)14-20(18)16-26;/h6-9,13-14,19,24-25H,4-5,10-12,15-16H2,1-3H3;1H. The topological polar surface area (TPSA) is 67.9 Å². The van der Waals surface area contributed by atoms with E-state index in [9.17, 15) is 8.42 Å². The number of aryl methyl sites for hydroxylation is 1. The molecule has 0 saturated carbocycles. The summed E-state index contributed by atoms with van der Waals surface area (Å²) in [6.45, 7) is 4.94. The molecule has 4 rings (SSSR count). The number of nitrogens with zero attached hydrogens (tertiary/aromatic N) is 1. The van der Waals surface area contributed by atoms with Crippen LogP contribution >= 0.6 is 12.4 Å². The number of nitrogens with one attached hydrogen (secondary N) is 1. The van der Waals surface area contributed by atoms with Gasteiger partial charge in [0.15, 0.2) is 21.3 Å². The summed E-state index contributed by atoms with van der Waals surface area (Å²) in [5.41, 5.74) is 3.36. The molecule has 176 valence electrons. The van der Waals surface area contributed by atoms with Gasteiger partial charge in [-0.1, -0.05) is 17.7 Å². The summed E-state index contributed by atoms with van der Waals surface area (Å²) in [6, 6.07) is 11.3. The van der Waals surface area contributed by atoms with E-state index in [1.807, 2.05) is 31.2 Å². The van der Waals surface area contributed by atoms with Gasteiger partial charge in [-0.25, -0.2) is 8.42 Å². The molecular weight excluding hydrogens is 448 g/mol. The van der Waals surface area contributed by atoms with Crippen molar-refractivity contribution >= 4 is 22.2 Å². The molecule has 2 heterocycles. The first-order valence-electron chi connectivity index (χ1n) is 10.9. The van der Waals surface area contributed by atoms with Crippen molar-refractivity contribution in [1.82, 2.24) is 10.2 Å². The molecular formula is C24H33ClN2O4S. The molecule has 0 radical (unpaired) electrons. The van der Waals surface area contributed by atoms with Crippen LogP contribution in [0, 0.1) is 12.8 Å². The van der Waals surface area contributed by atoms with Gasteiger partial charge in [0.05, 0.1) is 19.1 Å². The lowest BCUT2D eigenvalue weighted by Crippen LogP contribution is -2.52. The van der Waals surface area contributed by atoms with Crippen LogP contribution in [0.5, 0.6) is 11.5 Å². The fraction of sp³-hybridized carbons (Fsp3) is 0.500. The maximum atomic E-state index is 13.9. The Labute approximate surface area is 197 Å². The van der Waals surface area contributed by atoms with Crippen LogP contribution < -0.4 is 14.8 Å². The molecule has 2 aromatic carbocycles. The molecule has 2 aliphatic rings. The average molecular weight is 481 g/mol. The van der Waals surface area contributed by atoms with Gasteiger partial charge in [-0.2, -0.15) is 0 Å².